The van der Waals surface area contributed by atoms with Crippen LogP contribution in [0.2, 0.25) is 10.0 Å². The molecule has 0 atom stereocenters. The number of ether oxygens (including phenoxy) is 2. The van der Waals surface area contributed by atoms with Crippen molar-refractivity contribution < 1.29 is 14.3 Å². The van der Waals surface area contributed by atoms with E-state index in [0.29, 0.717) is 41.1 Å². The molecule has 0 radical (unpaired) electrons. The smallest absolute Gasteiger partial charge is 0.292 e. The number of carbonyl (C=O) groups is 1. The third kappa shape index (κ3) is 1.79. The molecule has 20 heavy (non-hydrogen) atoms. The topological polar surface area (TPSA) is 38.8 Å². The van der Waals surface area contributed by atoms with Crippen molar-refractivity contribution in [2.75, 3.05) is 24.7 Å². The number of amides is 1. The molecular weight excluding hydrogens is 301 g/mol. The zero-order chi connectivity index (χ0) is 14.3. The van der Waals surface area contributed by atoms with Crippen molar-refractivity contribution in [3.63, 3.8) is 0 Å². The Morgan fingerprint density at radius 2 is 1.95 bits per heavy atom. The van der Waals surface area contributed by atoms with E-state index in [9.17, 15) is 4.79 Å². The zero-order valence-electron chi connectivity index (χ0n) is 10.7. The minimum atomic E-state index is -1.46. The summed E-state index contributed by atoms with van der Waals surface area (Å²) in [5.41, 5.74) is 1.05. The van der Waals surface area contributed by atoms with Crippen LogP contribution in [0.3, 0.4) is 0 Å². The van der Waals surface area contributed by atoms with Crippen LogP contribution in [0.1, 0.15) is 12.0 Å². The van der Waals surface area contributed by atoms with Crippen LogP contribution in [0.5, 0.6) is 0 Å². The summed E-state index contributed by atoms with van der Waals surface area (Å²) in [6, 6.07) is 3.31. The van der Waals surface area contributed by atoms with Crippen LogP contribution in [0.15, 0.2) is 24.8 Å². The molecule has 1 saturated heterocycles. The highest BCUT2D eigenvalue weighted by atomic mass is 35.5. The first kappa shape index (κ1) is 13.9. The number of hydrogen-bond donors (Lipinski definition) is 0. The van der Waals surface area contributed by atoms with E-state index in [0.717, 1.165) is 6.42 Å². The number of anilines is 1. The number of rotatable bonds is 2. The third-order valence-electron chi connectivity index (χ3n) is 3.41. The molecule has 0 unspecified atom stereocenters. The van der Waals surface area contributed by atoms with Crippen LogP contribution < -0.4 is 4.90 Å². The molecule has 1 amide bonds. The molecule has 1 aromatic carbocycles. The Balaban J connectivity index is 2.23. The van der Waals surface area contributed by atoms with Crippen molar-refractivity contribution in [3.8, 4) is 0 Å². The minimum absolute atomic E-state index is 0.304. The van der Waals surface area contributed by atoms with E-state index < -0.39 is 5.79 Å². The fraction of sp³-hybridized carbons (Fsp3) is 0.357. The average Bonchev–Trinajstić information content (AvgIpc) is 2.68. The summed E-state index contributed by atoms with van der Waals surface area (Å²) in [7, 11) is 0. The second-order valence-corrected chi connectivity index (χ2v) is 5.44. The predicted molar refractivity (Wildman–Crippen MR) is 77.2 cm³/mol. The van der Waals surface area contributed by atoms with Gasteiger partial charge < -0.3 is 14.4 Å². The Labute approximate surface area is 126 Å². The van der Waals surface area contributed by atoms with Gasteiger partial charge in [0.1, 0.15) is 0 Å². The molecule has 4 nitrogen and oxygen atoms in total. The minimum Gasteiger partial charge on any atom is -0.338 e. The summed E-state index contributed by atoms with van der Waals surface area (Å²) < 4.78 is 11.4. The molecule has 0 N–H and O–H groups in total. The first-order chi connectivity index (χ1) is 9.62. The van der Waals surface area contributed by atoms with Gasteiger partial charge >= 0.3 is 0 Å². The molecule has 3 rings (SSSR count). The second kappa shape index (κ2) is 5.04. The average molecular weight is 314 g/mol. The van der Waals surface area contributed by atoms with E-state index in [2.05, 4.69) is 6.58 Å². The molecule has 6 heteroatoms. The largest absolute Gasteiger partial charge is 0.338 e. The first-order valence-electron chi connectivity index (χ1n) is 6.31. The lowest BCUT2D eigenvalue weighted by Crippen LogP contribution is -2.47. The van der Waals surface area contributed by atoms with E-state index in [1.54, 1.807) is 18.2 Å². The van der Waals surface area contributed by atoms with Crippen molar-refractivity contribution in [3.05, 3.63) is 40.4 Å². The molecule has 1 fully saturated rings. The Morgan fingerprint density at radius 1 is 1.30 bits per heavy atom. The molecule has 1 aromatic rings. The number of carbonyl (C=O) groups excluding carboxylic acids is 1. The van der Waals surface area contributed by atoms with Gasteiger partial charge in [-0.25, -0.2) is 0 Å². The Morgan fingerprint density at radius 3 is 2.60 bits per heavy atom. The van der Waals surface area contributed by atoms with Crippen LogP contribution in [-0.2, 0) is 20.1 Å². The zero-order valence-corrected chi connectivity index (χ0v) is 12.2. The maximum absolute atomic E-state index is 12.7. The summed E-state index contributed by atoms with van der Waals surface area (Å²) in [4.78, 5) is 14.2. The van der Waals surface area contributed by atoms with Gasteiger partial charge in [0.15, 0.2) is 0 Å². The molecule has 0 bridgehead atoms. The summed E-state index contributed by atoms with van der Waals surface area (Å²) in [6.07, 6.45) is 2.37. The van der Waals surface area contributed by atoms with Crippen LogP contribution in [0.4, 0.5) is 5.69 Å². The maximum Gasteiger partial charge on any atom is 0.292 e. The van der Waals surface area contributed by atoms with E-state index in [4.69, 9.17) is 32.7 Å². The predicted octanol–water partition coefficient (Wildman–Crippen LogP) is 3.12. The number of nitrogens with zero attached hydrogens (tertiary/aromatic N) is 1. The second-order valence-electron chi connectivity index (χ2n) is 4.62. The van der Waals surface area contributed by atoms with Crippen molar-refractivity contribution in [2.45, 2.75) is 12.2 Å². The van der Waals surface area contributed by atoms with Gasteiger partial charge in [0, 0.05) is 6.54 Å². The van der Waals surface area contributed by atoms with Crippen molar-refractivity contribution >= 4 is 34.8 Å². The van der Waals surface area contributed by atoms with E-state index >= 15 is 0 Å². The van der Waals surface area contributed by atoms with Gasteiger partial charge in [-0.05, 0) is 18.6 Å². The first-order valence-corrected chi connectivity index (χ1v) is 7.06. The van der Waals surface area contributed by atoms with Crippen LogP contribution in [-0.4, -0.2) is 25.7 Å². The Hall–Kier alpha value is -1.07. The molecule has 2 aliphatic rings. The lowest BCUT2D eigenvalue weighted by molar-refractivity contribution is -0.256. The monoisotopic (exact) mass is 313 g/mol. The van der Waals surface area contributed by atoms with Crippen molar-refractivity contribution in [1.29, 1.82) is 0 Å². The Kier molecular flexibility index (Phi) is 3.50. The molecule has 2 heterocycles. The molecular formula is C14H13Cl2NO3. The SMILES string of the molecule is C=CCN1C(=O)C2(OCCCO2)c2c(Cl)ccc(Cl)c21. The number of halogens is 2. The Bertz CT molecular complexity index is 582. The fourth-order valence-electron chi connectivity index (χ4n) is 2.61. The van der Waals surface area contributed by atoms with E-state index in [1.807, 2.05) is 0 Å². The third-order valence-corrected chi connectivity index (χ3v) is 4.03. The molecule has 0 aliphatic carbocycles. The van der Waals surface area contributed by atoms with Crippen LogP contribution in [0.25, 0.3) is 0 Å². The quantitative estimate of drug-likeness (QED) is 0.787. The normalized spacial score (nSPS) is 20.3. The van der Waals surface area contributed by atoms with Gasteiger partial charge in [0.25, 0.3) is 11.7 Å². The van der Waals surface area contributed by atoms with Gasteiger partial charge in [-0.2, -0.15) is 0 Å². The van der Waals surface area contributed by atoms with Gasteiger partial charge in [0.2, 0.25) is 0 Å². The highest BCUT2D eigenvalue weighted by Gasteiger charge is 2.56. The number of benzene rings is 1. The van der Waals surface area contributed by atoms with E-state index in [-0.39, 0.29) is 5.91 Å². The summed E-state index contributed by atoms with van der Waals surface area (Å²) in [5.74, 6) is -1.76. The van der Waals surface area contributed by atoms with E-state index in [1.165, 1.54) is 4.90 Å². The highest BCUT2D eigenvalue weighted by Crippen LogP contribution is 2.51. The highest BCUT2D eigenvalue weighted by molar-refractivity contribution is 6.38. The van der Waals surface area contributed by atoms with Gasteiger partial charge in [-0.15, -0.1) is 6.58 Å². The number of hydrogen-bond acceptors (Lipinski definition) is 3. The van der Waals surface area contributed by atoms with Crippen molar-refractivity contribution in [2.24, 2.45) is 0 Å². The molecule has 1 spiro atoms. The summed E-state index contributed by atoms with van der Waals surface area (Å²) in [6.45, 7) is 4.87. The van der Waals surface area contributed by atoms with Crippen LogP contribution in [0, 0.1) is 0 Å². The molecule has 106 valence electrons. The van der Waals surface area contributed by atoms with Gasteiger partial charge in [-0.1, -0.05) is 29.3 Å². The summed E-state index contributed by atoms with van der Waals surface area (Å²) in [5, 5.41) is 0.848. The van der Waals surface area contributed by atoms with Crippen LogP contribution >= 0.6 is 23.2 Å². The molecule has 0 aromatic heterocycles. The van der Waals surface area contributed by atoms with Crippen molar-refractivity contribution in [1.82, 2.24) is 0 Å². The fourth-order valence-corrected chi connectivity index (χ4v) is 3.14. The molecule has 0 saturated carbocycles. The standard InChI is InChI=1S/C14H13Cl2NO3/c1-2-6-17-12-10(16)5-4-9(15)11(12)14(13(17)18)19-7-3-8-20-14/h2,4-5H,1,3,6-8H2. The van der Waals surface area contributed by atoms with Gasteiger partial charge in [0.05, 0.1) is 34.5 Å². The lowest BCUT2D eigenvalue weighted by Gasteiger charge is -2.32. The molecule has 2 aliphatic heterocycles. The lowest BCUT2D eigenvalue weighted by atomic mass is 10.1. The summed E-state index contributed by atoms with van der Waals surface area (Å²) >= 11 is 12.5. The maximum atomic E-state index is 12.7. The van der Waals surface area contributed by atoms with Gasteiger partial charge in [-0.3, -0.25) is 4.79 Å². The number of fused-ring (bicyclic) bond motifs is 2.